The van der Waals surface area contributed by atoms with Crippen molar-refractivity contribution in [1.82, 2.24) is 0 Å². The van der Waals surface area contributed by atoms with Gasteiger partial charge in [-0.3, -0.25) is 0 Å². The summed E-state index contributed by atoms with van der Waals surface area (Å²) in [6, 6.07) is 6.56. The van der Waals surface area contributed by atoms with Gasteiger partial charge in [0, 0.05) is 0 Å². The molecule has 1 aromatic rings. The molecule has 1 nitrogen and oxygen atoms in total. The van der Waals surface area contributed by atoms with Crippen LogP contribution in [0.2, 0.25) is 0 Å². The van der Waals surface area contributed by atoms with Gasteiger partial charge in [-0.2, -0.15) is 0 Å². The number of hydrogen-bond donors (Lipinski definition) is 0. The molecule has 0 saturated heterocycles. The Bertz CT molecular complexity index is 366. The van der Waals surface area contributed by atoms with Crippen molar-refractivity contribution in [3.8, 4) is 5.75 Å². The first-order chi connectivity index (χ1) is 8.40. The minimum atomic E-state index is 0.557. The zero-order chi connectivity index (χ0) is 13.7. The van der Waals surface area contributed by atoms with Crippen LogP contribution >= 0.6 is 0 Å². The molecule has 0 aromatic heterocycles. The highest BCUT2D eigenvalue weighted by molar-refractivity contribution is 5.37. The van der Waals surface area contributed by atoms with Gasteiger partial charge in [0.05, 0.1) is 6.61 Å². The van der Waals surface area contributed by atoms with E-state index in [0.29, 0.717) is 11.8 Å². The predicted octanol–water partition coefficient (Wildman–Crippen LogP) is 5.18. The molecule has 1 heteroatoms. The summed E-state index contributed by atoms with van der Waals surface area (Å²) in [5.74, 6) is 2.97. The van der Waals surface area contributed by atoms with Crippen LogP contribution in [0.15, 0.2) is 18.2 Å². The molecule has 0 heterocycles. The Balaban J connectivity index is 2.63. The van der Waals surface area contributed by atoms with E-state index in [1.807, 2.05) is 0 Å². The standard InChI is InChI=1S/C17H28O/c1-12(2)9-14(5)11-18-17-10-16(13(3)4)8-7-15(17)6/h7-8,10,12-14H,9,11H2,1-6H3. The number of rotatable bonds is 6. The lowest BCUT2D eigenvalue weighted by atomic mass is 9.99. The third-order valence-electron chi connectivity index (χ3n) is 3.28. The molecule has 0 aliphatic heterocycles. The lowest BCUT2D eigenvalue weighted by Gasteiger charge is -2.17. The van der Waals surface area contributed by atoms with Crippen LogP contribution < -0.4 is 4.74 Å². The first-order valence-corrected chi connectivity index (χ1v) is 7.13. The molecule has 1 aromatic carbocycles. The molecule has 18 heavy (non-hydrogen) atoms. The average molecular weight is 248 g/mol. The summed E-state index contributed by atoms with van der Waals surface area (Å²) in [5, 5.41) is 0. The minimum absolute atomic E-state index is 0.557. The second-order valence-corrected chi connectivity index (χ2v) is 6.23. The van der Waals surface area contributed by atoms with Gasteiger partial charge in [-0.05, 0) is 48.3 Å². The topological polar surface area (TPSA) is 9.23 Å². The lowest BCUT2D eigenvalue weighted by molar-refractivity contribution is 0.237. The maximum absolute atomic E-state index is 5.99. The van der Waals surface area contributed by atoms with E-state index in [-0.39, 0.29) is 0 Å². The van der Waals surface area contributed by atoms with E-state index in [4.69, 9.17) is 4.74 Å². The Morgan fingerprint density at radius 3 is 2.28 bits per heavy atom. The third-order valence-corrected chi connectivity index (χ3v) is 3.28. The maximum Gasteiger partial charge on any atom is 0.122 e. The summed E-state index contributed by atoms with van der Waals surface area (Å²) in [6.45, 7) is 14.2. The van der Waals surface area contributed by atoms with Gasteiger partial charge in [0.1, 0.15) is 5.75 Å². The van der Waals surface area contributed by atoms with Crippen LogP contribution in [-0.2, 0) is 0 Å². The highest BCUT2D eigenvalue weighted by atomic mass is 16.5. The Hall–Kier alpha value is -0.980. The summed E-state index contributed by atoms with van der Waals surface area (Å²) in [5.41, 5.74) is 2.59. The Labute approximate surface area is 113 Å². The first kappa shape index (κ1) is 15.1. The van der Waals surface area contributed by atoms with Crippen molar-refractivity contribution in [2.45, 2.75) is 53.9 Å². The zero-order valence-corrected chi connectivity index (χ0v) is 12.8. The van der Waals surface area contributed by atoms with Crippen LogP contribution in [0.4, 0.5) is 0 Å². The molecule has 0 fully saturated rings. The van der Waals surface area contributed by atoms with Crippen LogP contribution in [0.5, 0.6) is 5.75 Å². The van der Waals surface area contributed by atoms with E-state index in [0.717, 1.165) is 18.3 Å². The van der Waals surface area contributed by atoms with Gasteiger partial charge >= 0.3 is 0 Å². The molecule has 0 amide bonds. The summed E-state index contributed by atoms with van der Waals surface area (Å²) in [4.78, 5) is 0. The van der Waals surface area contributed by atoms with E-state index >= 15 is 0 Å². The van der Waals surface area contributed by atoms with E-state index < -0.39 is 0 Å². The van der Waals surface area contributed by atoms with Crippen molar-refractivity contribution < 1.29 is 4.74 Å². The predicted molar refractivity (Wildman–Crippen MR) is 79.4 cm³/mol. The summed E-state index contributed by atoms with van der Waals surface area (Å²) >= 11 is 0. The maximum atomic E-state index is 5.99. The molecular formula is C17H28O. The van der Waals surface area contributed by atoms with Crippen molar-refractivity contribution >= 4 is 0 Å². The number of ether oxygens (including phenoxy) is 1. The molecule has 0 radical (unpaired) electrons. The van der Waals surface area contributed by atoms with Gasteiger partial charge in [0.15, 0.2) is 0 Å². The second kappa shape index (κ2) is 6.82. The lowest BCUT2D eigenvalue weighted by Crippen LogP contribution is -2.11. The molecule has 1 rings (SSSR count). The van der Waals surface area contributed by atoms with Crippen LogP contribution in [0.25, 0.3) is 0 Å². The Morgan fingerprint density at radius 2 is 1.72 bits per heavy atom. The van der Waals surface area contributed by atoms with Crippen LogP contribution in [0, 0.1) is 18.8 Å². The van der Waals surface area contributed by atoms with Gasteiger partial charge in [-0.1, -0.05) is 46.8 Å². The van der Waals surface area contributed by atoms with Gasteiger partial charge in [0.2, 0.25) is 0 Å². The monoisotopic (exact) mass is 248 g/mol. The van der Waals surface area contributed by atoms with Crippen molar-refractivity contribution in [1.29, 1.82) is 0 Å². The highest BCUT2D eigenvalue weighted by Gasteiger charge is 2.09. The summed E-state index contributed by atoms with van der Waals surface area (Å²) in [6.07, 6.45) is 1.23. The molecule has 0 saturated carbocycles. The molecular weight excluding hydrogens is 220 g/mol. The SMILES string of the molecule is Cc1ccc(C(C)C)cc1OCC(C)CC(C)C. The molecule has 0 N–H and O–H groups in total. The van der Waals surface area contributed by atoms with E-state index in [9.17, 15) is 0 Å². The van der Waals surface area contributed by atoms with E-state index in [2.05, 4.69) is 59.7 Å². The first-order valence-electron chi connectivity index (χ1n) is 7.13. The molecule has 102 valence electrons. The van der Waals surface area contributed by atoms with Gasteiger partial charge in [-0.25, -0.2) is 0 Å². The van der Waals surface area contributed by atoms with Crippen molar-refractivity contribution in [2.24, 2.45) is 11.8 Å². The Kier molecular flexibility index (Phi) is 5.71. The second-order valence-electron chi connectivity index (χ2n) is 6.23. The number of hydrogen-bond acceptors (Lipinski definition) is 1. The largest absolute Gasteiger partial charge is 0.493 e. The van der Waals surface area contributed by atoms with Crippen molar-refractivity contribution in [2.75, 3.05) is 6.61 Å². The molecule has 1 atom stereocenters. The van der Waals surface area contributed by atoms with Gasteiger partial charge < -0.3 is 4.74 Å². The van der Waals surface area contributed by atoms with Gasteiger partial charge in [-0.15, -0.1) is 0 Å². The summed E-state index contributed by atoms with van der Waals surface area (Å²) < 4.78 is 5.99. The highest BCUT2D eigenvalue weighted by Crippen LogP contribution is 2.25. The fourth-order valence-corrected chi connectivity index (χ4v) is 2.24. The van der Waals surface area contributed by atoms with E-state index in [1.54, 1.807) is 0 Å². The molecule has 0 aliphatic carbocycles. The van der Waals surface area contributed by atoms with Crippen LogP contribution in [0.3, 0.4) is 0 Å². The number of aryl methyl sites for hydroxylation is 1. The fourth-order valence-electron chi connectivity index (χ4n) is 2.24. The van der Waals surface area contributed by atoms with Crippen LogP contribution in [0.1, 0.15) is 58.1 Å². The van der Waals surface area contributed by atoms with Crippen LogP contribution in [-0.4, -0.2) is 6.61 Å². The fraction of sp³-hybridized carbons (Fsp3) is 0.647. The smallest absolute Gasteiger partial charge is 0.122 e. The molecule has 0 bridgehead atoms. The average Bonchev–Trinajstić information content (AvgIpc) is 2.26. The van der Waals surface area contributed by atoms with Crippen molar-refractivity contribution in [3.05, 3.63) is 29.3 Å². The third kappa shape index (κ3) is 4.72. The molecule has 0 aliphatic rings. The number of benzene rings is 1. The normalized spacial score (nSPS) is 13.1. The molecule has 0 spiro atoms. The summed E-state index contributed by atoms with van der Waals surface area (Å²) in [7, 11) is 0. The molecule has 1 unspecified atom stereocenters. The zero-order valence-electron chi connectivity index (χ0n) is 12.8. The van der Waals surface area contributed by atoms with E-state index in [1.165, 1.54) is 17.5 Å². The van der Waals surface area contributed by atoms with Crippen molar-refractivity contribution in [3.63, 3.8) is 0 Å². The minimum Gasteiger partial charge on any atom is -0.493 e. The quantitative estimate of drug-likeness (QED) is 0.674. The van der Waals surface area contributed by atoms with Gasteiger partial charge in [0.25, 0.3) is 0 Å². The Morgan fingerprint density at radius 1 is 1.06 bits per heavy atom.